The molecule has 5 nitrogen and oxygen atoms in total. The van der Waals surface area contributed by atoms with E-state index in [2.05, 4.69) is 11.1 Å². The summed E-state index contributed by atoms with van der Waals surface area (Å²) in [5, 5.41) is 0. The largest absolute Gasteiger partial charge is 0.496 e. The lowest BCUT2D eigenvalue weighted by Crippen LogP contribution is -2.35. The van der Waals surface area contributed by atoms with Crippen LogP contribution in [0.4, 0.5) is 5.69 Å². The Labute approximate surface area is 163 Å². The van der Waals surface area contributed by atoms with Gasteiger partial charge in [-0.25, -0.2) is 4.98 Å². The number of imidazole rings is 1. The van der Waals surface area contributed by atoms with Crippen LogP contribution in [0.1, 0.15) is 26.3 Å². The van der Waals surface area contributed by atoms with Crippen LogP contribution in [0.15, 0.2) is 35.2 Å². The van der Waals surface area contributed by atoms with E-state index < -0.39 is 5.41 Å². The number of likely N-dealkylation sites (N-methyl/N-ethyl adjacent to an activating group) is 1. The SMILES string of the molecule is CCN1C(=O)C(C)(C)c2cc3nc(-c4ccc(SC)cc4OC)[nH]c3cc21. The number of H-pyrrole nitrogens is 1. The molecule has 0 atom stereocenters. The maximum Gasteiger partial charge on any atom is 0.237 e. The summed E-state index contributed by atoms with van der Waals surface area (Å²) in [5.41, 5.74) is 4.18. The summed E-state index contributed by atoms with van der Waals surface area (Å²) >= 11 is 1.68. The molecule has 0 fully saturated rings. The van der Waals surface area contributed by atoms with Crippen LogP contribution in [-0.2, 0) is 10.2 Å². The Bertz CT molecular complexity index is 1060. The van der Waals surface area contributed by atoms with Crippen LogP contribution in [0.3, 0.4) is 0 Å². The number of anilines is 1. The number of aromatic amines is 1. The first kappa shape index (κ1) is 17.9. The van der Waals surface area contributed by atoms with Gasteiger partial charge in [0.25, 0.3) is 0 Å². The second kappa shape index (κ2) is 6.30. The molecule has 0 spiro atoms. The molecule has 140 valence electrons. The van der Waals surface area contributed by atoms with Gasteiger partial charge >= 0.3 is 0 Å². The van der Waals surface area contributed by atoms with Gasteiger partial charge in [0.1, 0.15) is 11.6 Å². The predicted octanol–water partition coefficient (Wildman–Crippen LogP) is 4.60. The van der Waals surface area contributed by atoms with Crippen molar-refractivity contribution >= 4 is 34.4 Å². The third-order valence-electron chi connectivity index (χ3n) is 5.32. The smallest absolute Gasteiger partial charge is 0.237 e. The van der Waals surface area contributed by atoms with E-state index in [1.807, 2.05) is 56.2 Å². The van der Waals surface area contributed by atoms with Gasteiger partial charge in [-0.1, -0.05) is 0 Å². The molecule has 0 saturated heterocycles. The standard InChI is InChI=1S/C21H23N3O2S/c1-6-24-17-11-16-15(10-14(17)21(2,3)20(24)25)22-19(23-16)13-8-7-12(27-5)9-18(13)26-4/h7-11H,6H2,1-5H3,(H,22,23). The molecule has 0 unspecified atom stereocenters. The van der Waals surface area contributed by atoms with Crippen molar-refractivity contribution in [3.63, 3.8) is 0 Å². The van der Waals surface area contributed by atoms with E-state index in [9.17, 15) is 4.79 Å². The van der Waals surface area contributed by atoms with E-state index >= 15 is 0 Å². The average molecular weight is 382 g/mol. The number of nitrogens with one attached hydrogen (secondary N) is 1. The second-order valence-corrected chi connectivity index (χ2v) is 8.09. The van der Waals surface area contributed by atoms with E-state index in [1.54, 1.807) is 18.9 Å². The number of fused-ring (bicyclic) bond motifs is 2. The van der Waals surface area contributed by atoms with Crippen LogP contribution in [0.2, 0.25) is 0 Å². The van der Waals surface area contributed by atoms with Crippen LogP contribution in [0.5, 0.6) is 5.75 Å². The van der Waals surface area contributed by atoms with Gasteiger partial charge in [-0.3, -0.25) is 4.79 Å². The van der Waals surface area contributed by atoms with Gasteiger partial charge in [0, 0.05) is 11.4 Å². The predicted molar refractivity (Wildman–Crippen MR) is 111 cm³/mol. The molecule has 1 N–H and O–H groups in total. The number of rotatable bonds is 4. The number of nitrogens with zero attached hydrogens (tertiary/aromatic N) is 2. The number of benzene rings is 2. The van der Waals surface area contributed by atoms with Crippen molar-refractivity contribution in [1.82, 2.24) is 9.97 Å². The number of carbonyl (C=O) groups is 1. The minimum atomic E-state index is -0.531. The normalized spacial score (nSPS) is 15.4. The Morgan fingerprint density at radius 2 is 2.04 bits per heavy atom. The molecule has 0 saturated carbocycles. The molecule has 0 aliphatic carbocycles. The number of hydrogen-bond donors (Lipinski definition) is 1. The number of aromatic nitrogens is 2. The van der Waals surface area contributed by atoms with Crippen molar-refractivity contribution in [2.75, 3.05) is 24.8 Å². The van der Waals surface area contributed by atoms with Crippen molar-refractivity contribution in [3.8, 4) is 17.1 Å². The lowest BCUT2D eigenvalue weighted by Gasteiger charge is -2.18. The number of hydrogen-bond acceptors (Lipinski definition) is 4. The Kier molecular flexibility index (Phi) is 4.18. The number of methoxy groups -OCH3 is 1. The molecule has 27 heavy (non-hydrogen) atoms. The van der Waals surface area contributed by atoms with E-state index in [1.165, 1.54) is 0 Å². The van der Waals surface area contributed by atoms with E-state index in [-0.39, 0.29) is 5.91 Å². The third kappa shape index (κ3) is 2.62. The third-order valence-corrected chi connectivity index (χ3v) is 6.05. The van der Waals surface area contributed by atoms with Gasteiger partial charge < -0.3 is 14.6 Å². The number of carbonyl (C=O) groups excluding carboxylic acids is 1. The summed E-state index contributed by atoms with van der Waals surface area (Å²) in [6.07, 6.45) is 2.04. The fourth-order valence-electron chi connectivity index (χ4n) is 3.77. The number of amides is 1. The minimum absolute atomic E-state index is 0.141. The Morgan fingerprint density at radius 1 is 1.26 bits per heavy atom. The highest BCUT2D eigenvalue weighted by Gasteiger charge is 2.43. The van der Waals surface area contributed by atoms with Gasteiger partial charge in [-0.15, -0.1) is 11.8 Å². The molecule has 1 aromatic heterocycles. The maximum atomic E-state index is 12.7. The van der Waals surface area contributed by atoms with Crippen LogP contribution in [0, 0.1) is 0 Å². The van der Waals surface area contributed by atoms with Gasteiger partial charge in [0.2, 0.25) is 5.91 Å². The maximum absolute atomic E-state index is 12.7. The fourth-order valence-corrected chi connectivity index (χ4v) is 4.20. The average Bonchev–Trinajstić information content (AvgIpc) is 3.16. The summed E-state index contributed by atoms with van der Waals surface area (Å²) in [4.78, 5) is 23.9. The highest BCUT2D eigenvalue weighted by molar-refractivity contribution is 7.98. The van der Waals surface area contributed by atoms with Crippen LogP contribution >= 0.6 is 11.8 Å². The molecular formula is C21H23N3O2S. The van der Waals surface area contributed by atoms with Gasteiger partial charge in [-0.2, -0.15) is 0 Å². The zero-order chi connectivity index (χ0) is 19.3. The Morgan fingerprint density at radius 3 is 2.70 bits per heavy atom. The quantitative estimate of drug-likeness (QED) is 0.671. The molecule has 6 heteroatoms. The van der Waals surface area contributed by atoms with Crippen LogP contribution in [0.25, 0.3) is 22.4 Å². The number of thioether (sulfide) groups is 1. The van der Waals surface area contributed by atoms with Crippen molar-refractivity contribution in [3.05, 3.63) is 35.9 Å². The highest BCUT2D eigenvalue weighted by Crippen LogP contribution is 2.43. The van der Waals surface area contributed by atoms with Gasteiger partial charge in [0.15, 0.2) is 0 Å². The molecule has 4 rings (SSSR count). The topological polar surface area (TPSA) is 58.2 Å². The molecular weight excluding hydrogens is 358 g/mol. The van der Waals surface area contributed by atoms with Crippen LogP contribution in [-0.4, -0.2) is 35.8 Å². The highest BCUT2D eigenvalue weighted by atomic mass is 32.2. The minimum Gasteiger partial charge on any atom is -0.496 e. The molecule has 3 aromatic rings. The molecule has 2 aromatic carbocycles. The molecule has 1 amide bonds. The Hall–Kier alpha value is -2.47. The summed E-state index contributed by atoms with van der Waals surface area (Å²) in [6.45, 7) is 6.62. The molecule has 1 aliphatic heterocycles. The molecule has 1 aliphatic rings. The fraction of sp³-hybridized carbons (Fsp3) is 0.333. The lowest BCUT2D eigenvalue weighted by atomic mass is 9.86. The van der Waals surface area contributed by atoms with Crippen LogP contribution < -0.4 is 9.64 Å². The second-order valence-electron chi connectivity index (χ2n) is 7.21. The Balaban J connectivity index is 1.87. The molecule has 2 heterocycles. The van der Waals surface area contributed by atoms with E-state index in [0.29, 0.717) is 6.54 Å². The summed E-state index contributed by atoms with van der Waals surface area (Å²) in [5.74, 6) is 1.70. The molecule has 0 radical (unpaired) electrons. The number of ether oxygens (including phenoxy) is 1. The van der Waals surface area contributed by atoms with Crippen molar-refractivity contribution in [1.29, 1.82) is 0 Å². The van der Waals surface area contributed by atoms with Crippen molar-refractivity contribution in [2.24, 2.45) is 0 Å². The zero-order valence-electron chi connectivity index (χ0n) is 16.2. The van der Waals surface area contributed by atoms with Crippen molar-refractivity contribution in [2.45, 2.75) is 31.1 Å². The van der Waals surface area contributed by atoms with Gasteiger partial charge in [0.05, 0.1) is 34.8 Å². The van der Waals surface area contributed by atoms with E-state index in [0.717, 1.165) is 44.3 Å². The lowest BCUT2D eigenvalue weighted by molar-refractivity contribution is -0.122. The first-order valence-electron chi connectivity index (χ1n) is 8.99. The summed E-state index contributed by atoms with van der Waals surface area (Å²) in [7, 11) is 1.67. The first-order valence-corrected chi connectivity index (χ1v) is 10.2. The molecule has 0 bridgehead atoms. The van der Waals surface area contributed by atoms with Crippen molar-refractivity contribution < 1.29 is 9.53 Å². The summed E-state index contributed by atoms with van der Waals surface area (Å²) < 4.78 is 5.57. The summed E-state index contributed by atoms with van der Waals surface area (Å²) in [6, 6.07) is 10.2. The first-order chi connectivity index (χ1) is 12.9. The zero-order valence-corrected chi connectivity index (χ0v) is 17.0. The van der Waals surface area contributed by atoms with E-state index in [4.69, 9.17) is 9.72 Å². The van der Waals surface area contributed by atoms with Gasteiger partial charge in [-0.05, 0) is 62.9 Å². The monoisotopic (exact) mass is 381 g/mol.